The molecule has 0 N–H and O–H groups in total. The summed E-state index contributed by atoms with van der Waals surface area (Å²) in [6.45, 7) is 2.29. The molecule has 0 spiro atoms. The highest BCUT2D eigenvalue weighted by atomic mass is 35.5. The van der Waals surface area contributed by atoms with Gasteiger partial charge in [-0.05, 0) is 12.0 Å². The van der Waals surface area contributed by atoms with Crippen molar-refractivity contribution in [3.05, 3.63) is 35.9 Å². The van der Waals surface area contributed by atoms with E-state index in [0.29, 0.717) is 0 Å². The van der Waals surface area contributed by atoms with E-state index >= 15 is 0 Å². The van der Waals surface area contributed by atoms with Gasteiger partial charge in [0, 0.05) is 0 Å². The average Bonchev–Trinajstić information content (AvgIpc) is 2.59. The fraction of sp³-hybridized carbons (Fsp3) is 0.727. The van der Waals surface area contributed by atoms with Crippen molar-refractivity contribution in [2.45, 2.75) is 102 Å². The van der Waals surface area contributed by atoms with Crippen molar-refractivity contribution in [3.63, 3.8) is 0 Å². The van der Waals surface area contributed by atoms with Crippen molar-refractivity contribution < 1.29 is 0 Å². The van der Waals surface area contributed by atoms with Crippen molar-refractivity contribution in [2.75, 3.05) is 0 Å². The highest BCUT2D eigenvalue weighted by Gasteiger charge is 2.06. The lowest BCUT2D eigenvalue weighted by atomic mass is 10.0. The minimum atomic E-state index is 0.198. The lowest BCUT2D eigenvalue weighted by Crippen LogP contribution is -1.90. The third kappa shape index (κ3) is 11.7. The quantitative estimate of drug-likeness (QED) is 0.222. The predicted molar refractivity (Wildman–Crippen MR) is 105 cm³/mol. The Morgan fingerprint density at radius 3 is 1.57 bits per heavy atom. The van der Waals surface area contributed by atoms with Crippen molar-refractivity contribution in [1.82, 2.24) is 0 Å². The molecule has 0 bridgehead atoms. The summed E-state index contributed by atoms with van der Waals surface area (Å²) in [6.07, 6.45) is 19.4. The van der Waals surface area contributed by atoms with Crippen LogP contribution in [-0.2, 0) is 0 Å². The van der Waals surface area contributed by atoms with Crippen molar-refractivity contribution in [2.24, 2.45) is 0 Å². The Morgan fingerprint density at radius 2 is 1.09 bits per heavy atom. The summed E-state index contributed by atoms with van der Waals surface area (Å²) < 4.78 is 0. The molecule has 23 heavy (non-hydrogen) atoms. The van der Waals surface area contributed by atoms with E-state index in [9.17, 15) is 0 Å². The molecule has 1 rings (SSSR count). The van der Waals surface area contributed by atoms with Crippen LogP contribution in [0.3, 0.4) is 0 Å². The molecule has 0 radical (unpaired) electrons. The third-order valence-corrected chi connectivity index (χ3v) is 5.19. The van der Waals surface area contributed by atoms with Crippen molar-refractivity contribution in [1.29, 1.82) is 0 Å². The van der Waals surface area contributed by atoms with Crippen molar-refractivity contribution >= 4 is 11.6 Å². The molecule has 0 saturated carbocycles. The predicted octanol–water partition coefficient (Wildman–Crippen LogP) is 8.45. The van der Waals surface area contributed by atoms with Crippen LogP contribution in [0, 0.1) is 0 Å². The summed E-state index contributed by atoms with van der Waals surface area (Å²) in [5.41, 5.74) is 1.27. The number of rotatable bonds is 15. The summed E-state index contributed by atoms with van der Waals surface area (Å²) in [5, 5.41) is 0.198. The Labute approximate surface area is 150 Å². The van der Waals surface area contributed by atoms with Crippen LogP contribution in [0.25, 0.3) is 0 Å². The first-order valence-corrected chi connectivity index (χ1v) is 10.5. The summed E-state index contributed by atoms with van der Waals surface area (Å²) >= 11 is 6.45. The first-order valence-electron chi connectivity index (χ1n) is 10.0. The Morgan fingerprint density at radius 1 is 0.652 bits per heavy atom. The van der Waals surface area contributed by atoms with E-state index in [1.807, 2.05) is 0 Å². The van der Waals surface area contributed by atoms with Crippen LogP contribution >= 0.6 is 11.6 Å². The molecule has 132 valence electrons. The molecule has 0 aliphatic heterocycles. The number of benzene rings is 1. The average molecular weight is 337 g/mol. The van der Waals surface area contributed by atoms with Crippen molar-refractivity contribution in [3.8, 4) is 0 Å². The first-order chi connectivity index (χ1) is 11.3. The number of alkyl halides is 1. The van der Waals surface area contributed by atoms with Crippen LogP contribution in [0.5, 0.6) is 0 Å². The number of unbranched alkanes of at least 4 members (excludes halogenated alkanes) is 12. The van der Waals surface area contributed by atoms with Gasteiger partial charge in [-0.3, -0.25) is 0 Å². The summed E-state index contributed by atoms with van der Waals surface area (Å²) in [6, 6.07) is 10.5. The minimum absolute atomic E-state index is 0.198. The summed E-state index contributed by atoms with van der Waals surface area (Å²) in [4.78, 5) is 0. The number of hydrogen-bond donors (Lipinski definition) is 0. The smallest absolute Gasteiger partial charge is 0.0585 e. The van der Waals surface area contributed by atoms with Crippen LogP contribution in [0.1, 0.15) is 108 Å². The molecule has 0 amide bonds. The molecule has 1 atom stereocenters. The molecule has 0 aromatic heterocycles. The number of hydrogen-bond acceptors (Lipinski definition) is 0. The highest BCUT2D eigenvalue weighted by molar-refractivity contribution is 6.20. The highest BCUT2D eigenvalue weighted by Crippen LogP contribution is 2.26. The van der Waals surface area contributed by atoms with Gasteiger partial charge in [0.15, 0.2) is 0 Å². The maximum Gasteiger partial charge on any atom is 0.0585 e. The number of halogens is 1. The van der Waals surface area contributed by atoms with Crippen LogP contribution in [0.4, 0.5) is 0 Å². The molecule has 0 fully saturated rings. The third-order valence-electron chi connectivity index (χ3n) is 4.72. The van der Waals surface area contributed by atoms with Crippen LogP contribution in [-0.4, -0.2) is 0 Å². The second-order valence-electron chi connectivity index (χ2n) is 6.91. The van der Waals surface area contributed by atoms with Gasteiger partial charge in [0.2, 0.25) is 0 Å². The lowest BCUT2D eigenvalue weighted by molar-refractivity contribution is 0.534. The van der Waals surface area contributed by atoms with Gasteiger partial charge < -0.3 is 0 Å². The van der Waals surface area contributed by atoms with E-state index < -0.39 is 0 Å². The van der Waals surface area contributed by atoms with Crippen LogP contribution in [0.15, 0.2) is 30.3 Å². The molecule has 1 unspecified atom stereocenters. The monoisotopic (exact) mass is 336 g/mol. The minimum Gasteiger partial charge on any atom is -0.118 e. The molecule has 1 aromatic rings. The Bertz CT molecular complexity index is 346. The van der Waals surface area contributed by atoms with Gasteiger partial charge in [-0.25, -0.2) is 0 Å². The Hall–Kier alpha value is -0.490. The summed E-state index contributed by atoms with van der Waals surface area (Å²) in [5.74, 6) is 0. The molecule has 0 aliphatic carbocycles. The Balaban J connectivity index is 1.81. The molecule has 1 heteroatoms. The molecule has 0 saturated heterocycles. The lowest BCUT2D eigenvalue weighted by Gasteiger charge is -2.09. The zero-order valence-electron chi connectivity index (χ0n) is 15.2. The SMILES string of the molecule is CCCCCCCCCCCCCCCC(Cl)c1ccccc1. The van der Waals surface area contributed by atoms with Gasteiger partial charge in [0.1, 0.15) is 0 Å². The normalized spacial score (nSPS) is 12.4. The van der Waals surface area contributed by atoms with E-state index in [1.165, 1.54) is 89.0 Å². The second kappa shape index (κ2) is 15.1. The van der Waals surface area contributed by atoms with Gasteiger partial charge >= 0.3 is 0 Å². The van der Waals surface area contributed by atoms with Gasteiger partial charge in [0.05, 0.1) is 5.38 Å². The van der Waals surface area contributed by atoms with Crippen LogP contribution < -0.4 is 0 Å². The standard InChI is InChI=1S/C22H37Cl/c1-2-3-4-5-6-7-8-9-10-11-12-13-17-20-22(23)21-18-15-14-16-19-21/h14-16,18-19,22H,2-13,17,20H2,1H3. The summed E-state index contributed by atoms with van der Waals surface area (Å²) in [7, 11) is 0. The van der Waals surface area contributed by atoms with E-state index in [4.69, 9.17) is 11.6 Å². The van der Waals surface area contributed by atoms with E-state index in [-0.39, 0.29) is 5.38 Å². The van der Waals surface area contributed by atoms with Crippen LogP contribution in [0.2, 0.25) is 0 Å². The fourth-order valence-corrected chi connectivity index (χ4v) is 3.47. The molecule has 0 nitrogen and oxygen atoms in total. The maximum absolute atomic E-state index is 6.45. The molecule has 0 heterocycles. The zero-order chi connectivity index (χ0) is 16.6. The first kappa shape index (κ1) is 20.6. The molecule has 0 aliphatic rings. The topological polar surface area (TPSA) is 0 Å². The molecule has 1 aromatic carbocycles. The maximum atomic E-state index is 6.45. The molecular formula is C22H37Cl. The van der Waals surface area contributed by atoms with Gasteiger partial charge in [0.25, 0.3) is 0 Å². The van der Waals surface area contributed by atoms with E-state index in [1.54, 1.807) is 0 Å². The largest absolute Gasteiger partial charge is 0.118 e. The van der Waals surface area contributed by atoms with E-state index in [2.05, 4.69) is 37.3 Å². The van der Waals surface area contributed by atoms with E-state index in [0.717, 1.165) is 6.42 Å². The molecular weight excluding hydrogens is 300 g/mol. The van der Waals surface area contributed by atoms with Gasteiger partial charge in [-0.2, -0.15) is 0 Å². The second-order valence-corrected chi connectivity index (χ2v) is 7.44. The Kier molecular flexibility index (Phi) is 13.5. The fourth-order valence-electron chi connectivity index (χ4n) is 3.17. The zero-order valence-corrected chi connectivity index (χ0v) is 16.0. The van der Waals surface area contributed by atoms with Gasteiger partial charge in [-0.15, -0.1) is 11.6 Å². The van der Waals surface area contributed by atoms with Gasteiger partial charge in [-0.1, -0.05) is 121 Å².